The van der Waals surface area contributed by atoms with Gasteiger partial charge < -0.3 is 137 Å². The zero-order valence-electron chi connectivity index (χ0n) is 33.0. The summed E-state index contributed by atoms with van der Waals surface area (Å²) in [6.45, 7) is 0. The molecule has 0 fully saturated rings. The van der Waals surface area contributed by atoms with E-state index in [-0.39, 0.29) is 0 Å². The lowest BCUT2D eigenvalue weighted by molar-refractivity contribution is 0.346. The Labute approximate surface area is 373 Å². The Morgan fingerprint density at radius 1 is 0.130 bits per heavy atom. The van der Waals surface area contributed by atoms with Gasteiger partial charge in [0.15, 0.2) is 91.7 Å². The first-order valence-electron chi connectivity index (χ1n) is 18.5. The van der Waals surface area contributed by atoms with Crippen molar-refractivity contribution >= 4 is 54.3 Å². The van der Waals surface area contributed by atoms with Crippen molar-refractivity contribution in [2.24, 2.45) is 0 Å². The summed E-state index contributed by atoms with van der Waals surface area (Å²) in [4.78, 5) is 0. The van der Waals surface area contributed by atoms with E-state index in [0.717, 1.165) is 0 Å². The van der Waals surface area contributed by atoms with Gasteiger partial charge in [-0.3, -0.25) is 0 Å². The predicted octanol–water partition coefficient (Wildman–Crippen LogP) is 4.39. The molecule has 356 valence electrons. The van der Waals surface area contributed by atoms with Crippen LogP contribution in [0.1, 0.15) is 0 Å². The lowest BCUT2D eigenvalue weighted by atomic mass is 9.80. The smallest absolute Gasteiger partial charge is 0.208 e. The van der Waals surface area contributed by atoms with E-state index >= 15 is 0 Å². The average Bonchev–Trinajstić information content (AvgIpc) is 3.73. The largest absolute Gasteiger partial charge is 0.506 e. The Morgan fingerprint density at radius 2 is 0.333 bits per heavy atom. The monoisotopic (exact) mass is 962 g/mol. The van der Waals surface area contributed by atoms with E-state index in [1.54, 1.807) is 0 Å². The highest BCUT2D eigenvalue weighted by atomic mass is 16.4. The Balaban J connectivity index is 1.62. The van der Waals surface area contributed by atoms with Crippen molar-refractivity contribution in [2.45, 2.75) is 0 Å². The maximum absolute atomic E-state index is 11.9. The highest BCUT2D eigenvalue weighted by molar-refractivity contribution is 6.32. The van der Waals surface area contributed by atoms with Gasteiger partial charge in [0, 0.05) is 43.8 Å². The molecule has 26 N–H and O–H groups in total. The molecular weight excluding hydrogens is 936 g/mol. The van der Waals surface area contributed by atoms with Gasteiger partial charge in [-0.15, -0.1) is 0 Å². The van der Waals surface area contributed by atoms with Gasteiger partial charge in [-0.25, -0.2) is 0 Å². The number of phenols is 26. The van der Waals surface area contributed by atoms with E-state index in [4.69, 9.17) is 4.42 Å². The van der Waals surface area contributed by atoms with Gasteiger partial charge in [0.2, 0.25) is 63.2 Å². The summed E-state index contributed by atoms with van der Waals surface area (Å²) in [5.74, 6) is -43.7. The summed E-state index contributed by atoms with van der Waals surface area (Å²) in [5, 5.41) is 279. The fourth-order valence-electron chi connectivity index (χ4n) is 8.54. The third-order valence-electron chi connectivity index (χ3n) is 11.7. The van der Waals surface area contributed by atoms with E-state index < -0.39 is 237 Å². The first-order valence-corrected chi connectivity index (χ1v) is 18.5. The Kier molecular flexibility index (Phi) is 8.40. The van der Waals surface area contributed by atoms with Crippen molar-refractivity contribution in [3.63, 3.8) is 0 Å². The van der Waals surface area contributed by atoms with E-state index in [9.17, 15) is 133 Å². The second kappa shape index (κ2) is 13.4. The van der Waals surface area contributed by atoms with Gasteiger partial charge in [-0.1, -0.05) is 0 Å². The summed E-state index contributed by atoms with van der Waals surface area (Å²) in [5.41, 5.74) is -11.3. The minimum absolute atomic E-state index is 0.930. The summed E-state index contributed by atoms with van der Waals surface area (Å²) < 4.78 is 5.40. The second-order valence-electron chi connectivity index (χ2n) is 15.1. The molecule has 0 aliphatic carbocycles. The summed E-state index contributed by atoms with van der Waals surface area (Å²) in [7, 11) is 0. The summed E-state index contributed by atoms with van der Waals surface area (Å²) >= 11 is 0. The molecule has 0 saturated heterocycles. The fraction of sp³-hybridized carbons (Fsp3) is 0. The topological polar surface area (TPSA) is 539 Å². The molecule has 0 spiro atoms. The molecule has 0 aliphatic rings. The average molecular weight is 963 g/mol. The Bertz CT molecular complexity index is 3880. The number of rotatable bonds is 3. The van der Waals surface area contributed by atoms with Crippen molar-refractivity contribution in [3.8, 4) is 183 Å². The van der Waals surface area contributed by atoms with Crippen LogP contribution in [0, 0.1) is 0 Å². The molecule has 0 bridgehead atoms. The van der Waals surface area contributed by atoms with E-state index in [0.29, 0.717) is 0 Å². The molecule has 1 heterocycles. The van der Waals surface area contributed by atoms with Crippen LogP contribution in [0.2, 0.25) is 0 Å². The zero-order chi connectivity index (χ0) is 51.0. The first-order chi connectivity index (χ1) is 32.2. The third-order valence-corrected chi connectivity index (χ3v) is 11.7. The maximum atomic E-state index is 11.9. The molecule has 27 nitrogen and oxygen atoms in total. The first kappa shape index (κ1) is 43.4. The molecule has 69 heavy (non-hydrogen) atoms. The standard InChI is InChI=1S/C42H26O27/c43-15-10(23(51)24(52)12-11(15)25(53)36(64)37(65)26(12)54)8-5(18(46)32(60)35(63)21(8)49)1-3-6(19(47)33(61)30(58)16(3)44)2(7-4(1)17(45)31(59)34(62)20(7)48)9-22(50)27(55)13-14-28(56)38(66)39(67)40(68)42(14)69-41(13)29(9)57/h43-68H. The molecule has 9 rings (SSSR count). The van der Waals surface area contributed by atoms with Gasteiger partial charge in [0.1, 0.15) is 5.75 Å². The van der Waals surface area contributed by atoms with Crippen LogP contribution in [0.5, 0.6) is 149 Å². The molecule has 0 saturated carbocycles. The van der Waals surface area contributed by atoms with Crippen LogP contribution in [0.3, 0.4) is 0 Å². The number of hydrogen-bond acceptors (Lipinski definition) is 27. The van der Waals surface area contributed by atoms with E-state index in [1.165, 1.54) is 0 Å². The zero-order valence-corrected chi connectivity index (χ0v) is 33.0. The number of phenolic OH excluding ortho intramolecular Hbond substituents is 26. The van der Waals surface area contributed by atoms with Gasteiger partial charge in [-0.05, 0) is 0 Å². The number of hydrogen-bond donors (Lipinski definition) is 26. The van der Waals surface area contributed by atoms with Crippen LogP contribution in [-0.4, -0.2) is 133 Å². The number of aromatic hydroxyl groups is 26. The minimum atomic E-state index is -1.88. The molecule has 0 aliphatic heterocycles. The molecule has 0 unspecified atom stereocenters. The Hall–Kier alpha value is -10.9. The van der Waals surface area contributed by atoms with Crippen molar-refractivity contribution in [1.29, 1.82) is 0 Å². The van der Waals surface area contributed by atoms with Crippen LogP contribution >= 0.6 is 0 Å². The van der Waals surface area contributed by atoms with Crippen LogP contribution in [0.25, 0.3) is 87.6 Å². The predicted molar refractivity (Wildman–Crippen MR) is 226 cm³/mol. The van der Waals surface area contributed by atoms with Crippen molar-refractivity contribution in [1.82, 2.24) is 0 Å². The van der Waals surface area contributed by atoms with Crippen LogP contribution in [0.4, 0.5) is 0 Å². The molecule has 0 radical (unpaired) electrons. The molecule has 27 heteroatoms. The second-order valence-corrected chi connectivity index (χ2v) is 15.1. The van der Waals surface area contributed by atoms with Crippen LogP contribution in [-0.2, 0) is 0 Å². The van der Waals surface area contributed by atoms with Crippen LogP contribution in [0.15, 0.2) is 4.42 Å². The molecule has 0 amide bonds. The normalized spacial score (nSPS) is 11.8. The lowest BCUT2D eigenvalue weighted by Crippen LogP contribution is -1.98. The SMILES string of the molecule is Oc1c(O)c(O)c(-c2c3c(O)c(O)c(O)c(O)c3c(-c3c(O)c(O)c4c(oc5c(O)c(O)c(O)c(O)c54)c3O)c3c(O)c(O)c(O)c(O)c23)c(-c2c(O)c(O)c3c(O)c(O)c(O)c(O)c3c2O)c1O. The Morgan fingerprint density at radius 3 is 0.710 bits per heavy atom. The van der Waals surface area contributed by atoms with Gasteiger partial charge in [0.05, 0.1) is 32.7 Å². The molecule has 8 aromatic carbocycles. The van der Waals surface area contributed by atoms with E-state index in [2.05, 4.69) is 0 Å². The number of fused-ring (bicyclic) bond motifs is 6. The van der Waals surface area contributed by atoms with Crippen molar-refractivity contribution < 1.29 is 137 Å². The molecule has 0 atom stereocenters. The molecule has 1 aromatic heterocycles. The van der Waals surface area contributed by atoms with Gasteiger partial charge in [-0.2, -0.15) is 0 Å². The van der Waals surface area contributed by atoms with Crippen LogP contribution < -0.4 is 0 Å². The highest BCUT2D eigenvalue weighted by Gasteiger charge is 2.41. The fourth-order valence-corrected chi connectivity index (χ4v) is 8.54. The summed E-state index contributed by atoms with van der Waals surface area (Å²) in [6.07, 6.45) is 0. The van der Waals surface area contributed by atoms with E-state index in [1.807, 2.05) is 0 Å². The van der Waals surface area contributed by atoms with Crippen molar-refractivity contribution in [2.75, 3.05) is 0 Å². The van der Waals surface area contributed by atoms with Gasteiger partial charge >= 0.3 is 0 Å². The van der Waals surface area contributed by atoms with Gasteiger partial charge in [0.25, 0.3) is 0 Å². The quantitative estimate of drug-likeness (QED) is 0.0663. The minimum Gasteiger partial charge on any atom is -0.506 e. The van der Waals surface area contributed by atoms with Crippen molar-refractivity contribution in [3.05, 3.63) is 0 Å². The number of benzene rings is 8. The lowest BCUT2D eigenvalue weighted by Gasteiger charge is -2.26. The molecule has 9 aromatic rings. The summed E-state index contributed by atoms with van der Waals surface area (Å²) in [6, 6.07) is 0. The third kappa shape index (κ3) is 4.86. The maximum Gasteiger partial charge on any atom is 0.208 e. The highest BCUT2D eigenvalue weighted by Crippen LogP contribution is 2.70. The molecular formula is C42H26O27. The number of furan rings is 1.